The number of carbonyl (C=O) groups is 1. The van der Waals surface area contributed by atoms with Crippen molar-refractivity contribution in [2.24, 2.45) is 11.8 Å². The fourth-order valence-electron chi connectivity index (χ4n) is 3.04. The first-order valence-corrected chi connectivity index (χ1v) is 10.2. The maximum atomic E-state index is 12.7. The van der Waals surface area contributed by atoms with Crippen molar-refractivity contribution in [3.05, 3.63) is 102 Å². The van der Waals surface area contributed by atoms with Crippen molar-refractivity contribution < 1.29 is 14.3 Å². The maximum Gasteiger partial charge on any atom is 0.313 e. The molecule has 0 amide bonds. The van der Waals surface area contributed by atoms with Crippen LogP contribution in [-0.2, 0) is 16.1 Å². The van der Waals surface area contributed by atoms with Gasteiger partial charge in [-0.3, -0.25) is 4.79 Å². The van der Waals surface area contributed by atoms with Gasteiger partial charge in [0, 0.05) is 0 Å². The molecule has 0 bridgehead atoms. The first kappa shape index (κ1) is 21.4. The minimum atomic E-state index is -0.296. The van der Waals surface area contributed by atoms with Crippen molar-refractivity contribution in [2.75, 3.05) is 0 Å². The van der Waals surface area contributed by atoms with Gasteiger partial charge in [-0.05, 0) is 48.2 Å². The van der Waals surface area contributed by atoms with E-state index in [0.717, 1.165) is 22.6 Å². The molecule has 0 fully saturated rings. The molecule has 0 heterocycles. The lowest BCUT2D eigenvalue weighted by Crippen LogP contribution is -2.20. The highest BCUT2D eigenvalue weighted by molar-refractivity contribution is 5.76. The third-order valence-corrected chi connectivity index (χ3v) is 4.82. The van der Waals surface area contributed by atoms with Gasteiger partial charge in [0.15, 0.2) is 0 Å². The van der Waals surface area contributed by atoms with Crippen molar-refractivity contribution in [2.45, 2.75) is 27.4 Å². The van der Waals surface area contributed by atoms with Crippen LogP contribution in [-0.4, -0.2) is 5.97 Å². The standard InChI is InChI=1S/C27H28O3/c1-20(2)26(17-16-22-14-12-21(3)13-15-22)27(28)29-19-23-8-7-11-25(18-23)30-24-9-5-4-6-10-24/h4-18,20,26H,19H2,1-3H3. The summed E-state index contributed by atoms with van der Waals surface area (Å²) >= 11 is 0. The van der Waals surface area contributed by atoms with Gasteiger partial charge in [-0.2, -0.15) is 0 Å². The summed E-state index contributed by atoms with van der Waals surface area (Å²) in [4.78, 5) is 12.7. The zero-order valence-electron chi connectivity index (χ0n) is 17.7. The molecule has 3 aromatic rings. The molecule has 30 heavy (non-hydrogen) atoms. The number of para-hydroxylation sites is 1. The molecule has 0 aromatic heterocycles. The predicted octanol–water partition coefficient (Wildman–Crippen LogP) is 6.82. The fourth-order valence-corrected chi connectivity index (χ4v) is 3.04. The molecule has 0 saturated heterocycles. The van der Waals surface area contributed by atoms with E-state index in [1.54, 1.807) is 0 Å². The van der Waals surface area contributed by atoms with Gasteiger partial charge in [0.05, 0.1) is 5.92 Å². The number of ether oxygens (including phenoxy) is 2. The van der Waals surface area contributed by atoms with E-state index in [1.807, 2.05) is 92.7 Å². The quantitative estimate of drug-likeness (QED) is 0.389. The summed E-state index contributed by atoms with van der Waals surface area (Å²) in [5.41, 5.74) is 3.18. The second-order valence-electron chi connectivity index (χ2n) is 7.71. The smallest absolute Gasteiger partial charge is 0.313 e. The van der Waals surface area contributed by atoms with E-state index in [4.69, 9.17) is 9.47 Å². The van der Waals surface area contributed by atoms with Crippen molar-refractivity contribution in [1.29, 1.82) is 0 Å². The number of rotatable bonds is 8. The zero-order valence-corrected chi connectivity index (χ0v) is 17.7. The Morgan fingerprint density at radius 3 is 2.30 bits per heavy atom. The lowest BCUT2D eigenvalue weighted by molar-refractivity contribution is -0.149. The molecular formula is C27H28O3. The Morgan fingerprint density at radius 2 is 1.60 bits per heavy atom. The van der Waals surface area contributed by atoms with Crippen LogP contribution in [0.25, 0.3) is 6.08 Å². The molecule has 0 N–H and O–H groups in total. The molecule has 3 aromatic carbocycles. The number of benzene rings is 3. The van der Waals surface area contributed by atoms with Crippen LogP contribution < -0.4 is 4.74 Å². The third kappa shape index (κ3) is 6.35. The van der Waals surface area contributed by atoms with Gasteiger partial charge in [0.1, 0.15) is 18.1 Å². The number of hydrogen-bond acceptors (Lipinski definition) is 3. The molecule has 0 radical (unpaired) electrons. The Morgan fingerprint density at radius 1 is 0.900 bits per heavy atom. The fraction of sp³-hybridized carbons (Fsp3) is 0.222. The molecule has 1 unspecified atom stereocenters. The number of aryl methyl sites for hydroxylation is 1. The molecule has 154 valence electrons. The van der Waals surface area contributed by atoms with Gasteiger partial charge in [-0.1, -0.05) is 86.2 Å². The van der Waals surface area contributed by atoms with E-state index < -0.39 is 0 Å². The molecule has 3 rings (SSSR count). The maximum absolute atomic E-state index is 12.7. The number of esters is 1. The highest BCUT2D eigenvalue weighted by atomic mass is 16.5. The van der Waals surface area contributed by atoms with Crippen LogP contribution in [0.5, 0.6) is 11.5 Å². The molecule has 0 aliphatic carbocycles. The van der Waals surface area contributed by atoms with Gasteiger partial charge >= 0.3 is 5.97 Å². The van der Waals surface area contributed by atoms with Gasteiger partial charge in [-0.25, -0.2) is 0 Å². The van der Waals surface area contributed by atoms with Crippen molar-refractivity contribution in [1.82, 2.24) is 0 Å². The summed E-state index contributed by atoms with van der Waals surface area (Å²) in [6.45, 7) is 6.33. The average Bonchev–Trinajstić information content (AvgIpc) is 2.74. The van der Waals surface area contributed by atoms with Gasteiger partial charge in [0.25, 0.3) is 0 Å². The van der Waals surface area contributed by atoms with E-state index in [1.165, 1.54) is 5.56 Å². The van der Waals surface area contributed by atoms with Crippen LogP contribution in [0.3, 0.4) is 0 Å². The molecule has 1 atom stereocenters. The van der Waals surface area contributed by atoms with Crippen molar-refractivity contribution >= 4 is 12.0 Å². The minimum Gasteiger partial charge on any atom is -0.460 e. The molecule has 0 aliphatic rings. The topological polar surface area (TPSA) is 35.5 Å². The van der Waals surface area contributed by atoms with Gasteiger partial charge < -0.3 is 9.47 Å². The number of hydrogen-bond donors (Lipinski definition) is 0. The lowest BCUT2D eigenvalue weighted by atomic mass is 9.94. The van der Waals surface area contributed by atoms with E-state index in [0.29, 0.717) is 0 Å². The largest absolute Gasteiger partial charge is 0.460 e. The van der Waals surface area contributed by atoms with Gasteiger partial charge in [-0.15, -0.1) is 0 Å². The Kier molecular flexibility index (Phi) is 7.45. The summed E-state index contributed by atoms with van der Waals surface area (Å²) in [6, 6.07) is 25.4. The third-order valence-electron chi connectivity index (χ3n) is 4.82. The molecule has 0 aliphatic heterocycles. The summed E-state index contributed by atoms with van der Waals surface area (Å²) in [5.74, 6) is 1.12. The highest BCUT2D eigenvalue weighted by Gasteiger charge is 2.21. The average molecular weight is 401 g/mol. The molecule has 0 saturated carbocycles. The molecule has 0 spiro atoms. The van der Waals surface area contributed by atoms with Crippen LogP contribution in [0.1, 0.15) is 30.5 Å². The van der Waals surface area contributed by atoms with Crippen LogP contribution in [0.15, 0.2) is 84.9 Å². The van der Waals surface area contributed by atoms with E-state index in [9.17, 15) is 4.79 Å². The predicted molar refractivity (Wildman–Crippen MR) is 121 cm³/mol. The zero-order chi connectivity index (χ0) is 21.3. The van der Waals surface area contributed by atoms with E-state index in [-0.39, 0.29) is 24.4 Å². The molecule has 3 nitrogen and oxygen atoms in total. The van der Waals surface area contributed by atoms with E-state index in [2.05, 4.69) is 19.1 Å². The van der Waals surface area contributed by atoms with Crippen molar-refractivity contribution in [3.63, 3.8) is 0 Å². The second-order valence-corrected chi connectivity index (χ2v) is 7.71. The second kappa shape index (κ2) is 10.4. The van der Waals surface area contributed by atoms with Crippen LogP contribution in [0, 0.1) is 18.8 Å². The van der Waals surface area contributed by atoms with E-state index >= 15 is 0 Å². The molecule has 3 heteroatoms. The van der Waals surface area contributed by atoms with Crippen LogP contribution >= 0.6 is 0 Å². The summed E-state index contributed by atoms with van der Waals surface area (Å²) in [7, 11) is 0. The summed E-state index contributed by atoms with van der Waals surface area (Å²) < 4.78 is 11.5. The van der Waals surface area contributed by atoms with Crippen LogP contribution in [0.4, 0.5) is 0 Å². The first-order chi connectivity index (χ1) is 14.5. The minimum absolute atomic E-state index is 0.145. The van der Waals surface area contributed by atoms with Crippen LogP contribution in [0.2, 0.25) is 0 Å². The highest BCUT2D eigenvalue weighted by Crippen LogP contribution is 2.23. The Labute approximate surface area is 179 Å². The number of carbonyl (C=O) groups excluding carboxylic acids is 1. The lowest BCUT2D eigenvalue weighted by Gasteiger charge is -2.16. The first-order valence-electron chi connectivity index (χ1n) is 10.2. The Bertz CT molecular complexity index is 973. The SMILES string of the molecule is Cc1ccc(C=CC(C(=O)OCc2cccc(Oc3ccccc3)c2)C(C)C)cc1. The van der Waals surface area contributed by atoms with Gasteiger partial charge in [0.2, 0.25) is 0 Å². The summed E-state index contributed by atoms with van der Waals surface area (Å²) in [6.07, 6.45) is 3.92. The van der Waals surface area contributed by atoms with Crippen molar-refractivity contribution in [3.8, 4) is 11.5 Å². The summed E-state index contributed by atoms with van der Waals surface area (Å²) in [5, 5.41) is 0. The normalized spacial score (nSPS) is 12.1. The monoisotopic (exact) mass is 400 g/mol. The Hall–Kier alpha value is -3.33. The molecular weight excluding hydrogens is 372 g/mol. The Balaban J connectivity index is 1.61.